The van der Waals surface area contributed by atoms with Crippen LogP contribution < -0.4 is 0 Å². The molecule has 0 nitrogen and oxygen atoms in total. The first-order valence-corrected chi connectivity index (χ1v) is 19.2. The van der Waals surface area contributed by atoms with Gasteiger partial charge < -0.3 is 0 Å². The Kier molecular flexibility index (Phi) is 7.93. The molecular weight excluding hydrogens is 657 g/mol. The first kappa shape index (κ1) is 31.5. The van der Waals surface area contributed by atoms with E-state index in [0.717, 1.165) is 6.42 Å². The molecule has 0 saturated carbocycles. The summed E-state index contributed by atoms with van der Waals surface area (Å²) in [5.74, 6) is 0.206. The molecule has 0 unspecified atom stereocenters. The van der Waals surface area contributed by atoms with E-state index in [2.05, 4.69) is 200 Å². The van der Waals surface area contributed by atoms with Crippen molar-refractivity contribution in [2.24, 2.45) is 0 Å². The summed E-state index contributed by atoms with van der Waals surface area (Å²) >= 11 is 1.87. The second kappa shape index (κ2) is 13.4. The van der Waals surface area contributed by atoms with Crippen LogP contribution in [0.15, 0.2) is 200 Å². The van der Waals surface area contributed by atoms with E-state index in [0.29, 0.717) is 0 Å². The molecule has 1 aromatic heterocycles. The lowest BCUT2D eigenvalue weighted by Crippen LogP contribution is -2.05. The van der Waals surface area contributed by atoms with E-state index < -0.39 is 0 Å². The van der Waals surface area contributed by atoms with Crippen LogP contribution in [0.4, 0.5) is 0 Å². The van der Waals surface area contributed by atoms with Gasteiger partial charge in [0.15, 0.2) is 0 Å². The number of fused-ring (bicyclic) bond motifs is 5. The van der Waals surface area contributed by atoms with Gasteiger partial charge in [0.2, 0.25) is 0 Å². The maximum atomic E-state index is 2.36. The number of rotatable bonds is 7. The molecule has 10 rings (SSSR count). The average molecular weight is 693 g/mol. The van der Waals surface area contributed by atoms with E-state index in [1.807, 2.05) is 11.3 Å². The van der Waals surface area contributed by atoms with Crippen molar-refractivity contribution < 1.29 is 0 Å². The highest BCUT2D eigenvalue weighted by Crippen LogP contribution is 2.38. The van der Waals surface area contributed by atoms with Gasteiger partial charge in [-0.05, 0) is 96.2 Å². The third-order valence-corrected chi connectivity index (χ3v) is 12.1. The zero-order valence-corrected chi connectivity index (χ0v) is 30.1. The minimum absolute atomic E-state index is 0.206. The van der Waals surface area contributed by atoms with E-state index in [1.165, 1.54) is 91.8 Å². The van der Waals surface area contributed by atoms with E-state index in [-0.39, 0.29) is 5.92 Å². The van der Waals surface area contributed by atoms with E-state index in [1.54, 1.807) is 0 Å². The van der Waals surface area contributed by atoms with Crippen LogP contribution in [0.2, 0.25) is 0 Å². The summed E-state index contributed by atoms with van der Waals surface area (Å²) in [5, 5.41) is 7.79. The van der Waals surface area contributed by atoms with Crippen LogP contribution in [0, 0.1) is 0 Å². The molecule has 0 N–H and O–H groups in total. The van der Waals surface area contributed by atoms with Crippen LogP contribution >= 0.6 is 11.3 Å². The van der Waals surface area contributed by atoms with Gasteiger partial charge in [0, 0.05) is 26.1 Å². The summed E-state index contributed by atoms with van der Waals surface area (Å²) in [6, 6.07) is 74.0. The van der Waals surface area contributed by atoms with Gasteiger partial charge in [0.1, 0.15) is 0 Å². The topological polar surface area (TPSA) is 0 Å². The Hall–Kier alpha value is -6.28. The lowest BCUT2D eigenvalue weighted by Gasteiger charge is -2.20. The summed E-state index contributed by atoms with van der Waals surface area (Å²) in [6.45, 7) is 0. The Labute approximate surface area is 314 Å². The Bertz CT molecular complexity index is 2760. The molecule has 0 aliphatic rings. The molecule has 0 aliphatic heterocycles. The predicted octanol–water partition coefficient (Wildman–Crippen LogP) is 14.7. The van der Waals surface area contributed by atoms with E-state index in [4.69, 9.17) is 0 Å². The van der Waals surface area contributed by atoms with Gasteiger partial charge in [-0.15, -0.1) is 11.3 Å². The first-order valence-electron chi connectivity index (χ1n) is 18.4. The van der Waals surface area contributed by atoms with Crippen LogP contribution in [0.25, 0.3) is 75.1 Å². The van der Waals surface area contributed by atoms with Gasteiger partial charge in [0.05, 0.1) is 0 Å². The highest BCUT2D eigenvalue weighted by atomic mass is 32.1. The summed E-state index contributed by atoms with van der Waals surface area (Å²) in [7, 11) is 0. The molecular formula is C52H36S. The molecule has 0 saturated heterocycles. The van der Waals surface area contributed by atoms with Crippen LogP contribution in [0.1, 0.15) is 22.6 Å². The molecule has 0 radical (unpaired) electrons. The van der Waals surface area contributed by atoms with Gasteiger partial charge in [0.25, 0.3) is 0 Å². The van der Waals surface area contributed by atoms with Crippen molar-refractivity contribution in [2.75, 3.05) is 0 Å². The normalized spacial score (nSPS) is 11.6. The Balaban J connectivity index is 0.999. The molecule has 0 amide bonds. The lowest BCUT2D eigenvalue weighted by molar-refractivity contribution is 0.805. The largest absolute Gasteiger partial charge is 0.135 e. The summed E-state index contributed by atoms with van der Waals surface area (Å²) in [4.78, 5) is 0. The predicted molar refractivity (Wildman–Crippen MR) is 229 cm³/mol. The highest BCUT2D eigenvalue weighted by molar-refractivity contribution is 7.25. The van der Waals surface area contributed by atoms with Crippen molar-refractivity contribution in [3.8, 4) is 33.4 Å². The van der Waals surface area contributed by atoms with Gasteiger partial charge in [-0.2, -0.15) is 0 Å². The fourth-order valence-corrected chi connectivity index (χ4v) is 9.23. The molecule has 10 aromatic rings. The van der Waals surface area contributed by atoms with E-state index >= 15 is 0 Å². The smallest absolute Gasteiger partial charge is 0.0355 e. The fourth-order valence-electron chi connectivity index (χ4n) is 8.15. The van der Waals surface area contributed by atoms with Crippen LogP contribution in [0.3, 0.4) is 0 Å². The Morgan fingerprint density at radius 3 is 1.42 bits per heavy atom. The molecule has 0 aliphatic carbocycles. The molecule has 0 atom stereocenters. The van der Waals surface area contributed by atoms with Crippen molar-refractivity contribution >= 4 is 53.1 Å². The maximum absolute atomic E-state index is 2.36. The standard InChI is InChI=1S/C52H36S/c1-3-13-44-37(9-1)11-7-16-46(44)39-23-27-41(28-24-39)49(42-29-25-40(26-30-42)47-17-8-12-38-10-2-4-14-45(38)47)33-35-19-21-36(22-20-35)43-31-32-52-50(34-43)48-15-5-6-18-51(48)53-52/h1-32,34,49H,33H2. The molecule has 0 spiro atoms. The van der Waals surface area contributed by atoms with Crippen molar-refractivity contribution in [2.45, 2.75) is 12.3 Å². The van der Waals surface area contributed by atoms with Gasteiger partial charge >= 0.3 is 0 Å². The fraction of sp³-hybridized carbons (Fsp3) is 0.0385. The monoisotopic (exact) mass is 692 g/mol. The molecule has 0 bridgehead atoms. The SMILES string of the molecule is c1ccc2c(-c3ccc(C(Cc4ccc(-c5ccc6sc7ccccc7c6c5)cc4)c4ccc(-c5cccc6ccccc56)cc4)cc3)cccc2c1. The van der Waals surface area contributed by atoms with Gasteiger partial charge in [-0.25, -0.2) is 0 Å². The van der Waals surface area contributed by atoms with Crippen molar-refractivity contribution in [3.63, 3.8) is 0 Å². The minimum atomic E-state index is 0.206. The average Bonchev–Trinajstić information content (AvgIpc) is 3.61. The number of hydrogen-bond acceptors (Lipinski definition) is 1. The first-order chi connectivity index (χ1) is 26.2. The van der Waals surface area contributed by atoms with E-state index in [9.17, 15) is 0 Å². The van der Waals surface area contributed by atoms with Crippen LogP contribution in [-0.2, 0) is 6.42 Å². The van der Waals surface area contributed by atoms with Crippen LogP contribution in [0.5, 0.6) is 0 Å². The summed E-state index contributed by atoms with van der Waals surface area (Å²) in [5.41, 5.74) is 11.5. The second-order valence-corrected chi connectivity index (χ2v) is 15.1. The van der Waals surface area contributed by atoms with Crippen molar-refractivity contribution in [1.82, 2.24) is 0 Å². The number of hydrogen-bond donors (Lipinski definition) is 0. The van der Waals surface area contributed by atoms with Crippen molar-refractivity contribution in [1.29, 1.82) is 0 Å². The third kappa shape index (κ3) is 5.90. The molecule has 1 heterocycles. The van der Waals surface area contributed by atoms with Crippen LogP contribution in [-0.4, -0.2) is 0 Å². The molecule has 53 heavy (non-hydrogen) atoms. The Morgan fingerprint density at radius 1 is 0.340 bits per heavy atom. The molecule has 9 aromatic carbocycles. The molecule has 0 fully saturated rings. The van der Waals surface area contributed by atoms with Gasteiger partial charge in [-0.3, -0.25) is 0 Å². The molecule has 250 valence electrons. The zero-order valence-electron chi connectivity index (χ0n) is 29.2. The number of benzene rings is 9. The third-order valence-electron chi connectivity index (χ3n) is 10.9. The minimum Gasteiger partial charge on any atom is -0.135 e. The number of thiophene rings is 1. The highest BCUT2D eigenvalue weighted by Gasteiger charge is 2.17. The quantitative estimate of drug-likeness (QED) is 0.156. The molecule has 1 heteroatoms. The van der Waals surface area contributed by atoms with Gasteiger partial charge in [-0.1, -0.05) is 182 Å². The van der Waals surface area contributed by atoms with Crippen molar-refractivity contribution in [3.05, 3.63) is 217 Å². The summed E-state index contributed by atoms with van der Waals surface area (Å²) < 4.78 is 2.68. The second-order valence-electron chi connectivity index (χ2n) is 14.1. The summed E-state index contributed by atoms with van der Waals surface area (Å²) in [6.07, 6.45) is 0.912. The lowest BCUT2D eigenvalue weighted by atomic mass is 9.84. The Morgan fingerprint density at radius 2 is 0.811 bits per heavy atom. The maximum Gasteiger partial charge on any atom is 0.0355 e. The zero-order chi connectivity index (χ0) is 35.1.